The second-order valence-electron chi connectivity index (χ2n) is 6.28. The molecule has 0 spiro atoms. The summed E-state index contributed by atoms with van der Waals surface area (Å²) in [6, 6.07) is 4.33. The minimum absolute atomic E-state index is 0.394. The first-order chi connectivity index (χ1) is 11.7. The van der Waals surface area contributed by atoms with E-state index in [9.17, 15) is 0 Å². The molecule has 0 aliphatic carbocycles. The summed E-state index contributed by atoms with van der Waals surface area (Å²) >= 11 is 0. The van der Waals surface area contributed by atoms with E-state index in [1.54, 1.807) is 0 Å². The standard InChI is InChI=1S/C17H22N6O/c1-3-15-20-16-7-5-13(10-23(16)22-15)18-8-12-9-19-21-17(12)14-6-4-11(2)24-14/h4,6,9,13,18H,3,5,7-8,10H2,1-2H3,(H,19,21)/t13-/m1/s1. The highest BCUT2D eigenvalue weighted by Gasteiger charge is 2.21. The zero-order valence-electron chi connectivity index (χ0n) is 14.0. The third kappa shape index (κ3) is 2.87. The number of hydrogen-bond donors (Lipinski definition) is 2. The molecular weight excluding hydrogens is 304 g/mol. The van der Waals surface area contributed by atoms with Crippen molar-refractivity contribution in [3.63, 3.8) is 0 Å². The third-order valence-corrected chi connectivity index (χ3v) is 4.50. The van der Waals surface area contributed by atoms with Crippen molar-refractivity contribution in [2.75, 3.05) is 0 Å². The molecule has 0 saturated carbocycles. The van der Waals surface area contributed by atoms with E-state index in [2.05, 4.69) is 32.5 Å². The Morgan fingerprint density at radius 3 is 3.12 bits per heavy atom. The number of nitrogens with zero attached hydrogens (tertiary/aromatic N) is 4. The molecule has 4 heterocycles. The average Bonchev–Trinajstić information content (AvgIpc) is 3.30. The Bertz CT molecular complexity index is 830. The lowest BCUT2D eigenvalue weighted by Gasteiger charge is -2.23. The van der Waals surface area contributed by atoms with Crippen LogP contribution >= 0.6 is 0 Å². The highest BCUT2D eigenvalue weighted by atomic mass is 16.3. The summed E-state index contributed by atoms with van der Waals surface area (Å²) in [5, 5.41) is 15.4. The molecule has 2 N–H and O–H groups in total. The quantitative estimate of drug-likeness (QED) is 0.751. The predicted octanol–water partition coefficient (Wildman–Crippen LogP) is 2.24. The number of furan rings is 1. The first-order valence-corrected chi connectivity index (χ1v) is 8.48. The van der Waals surface area contributed by atoms with E-state index in [0.717, 1.165) is 66.8 Å². The minimum atomic E-state index is 0.394. The number of nitrogens with one attached hydrogen (secondary N) is 2. The summed E-state index contributed by atoms with van der Waals surface area (Å²) < 4.78 is 7.75. The van der Waals surface area contributed by atoms with Crippen molar-refractivity contribution in [3.8, 4) is 11.5 Å². The van der Waals surface area contributed by atoms with Crippen molar-refractivity contribution >= 4 is 0 Å². The zero-order valence-corrected chi connectivity index (χ0v) is 14.0. The molecule has 0 bridgehead atoms. The van der Waals surface area contributed by atoms with Crippen molar-refractivity contribution in [2.45, 2.75) is 52.2 Å². The van der Waals surface area contributed by atoms with Crippen LogP contribution in [0.15, 0.2) is 22.7 Å². The van der Waals surface area contributed by atoms with Gasteiger partial charge in [0.1, 0.15) is 17.3 Å². The lowest BCUT2D eigenvalue weighted by atomic mass is 10.1. The molecule has 0 fully saturated rings. The first-order valence-electron chi connectivity index (χ1n) is 8.48. The maximum absolute atomic E-state index is 5.70. The van der Waals surface area contributed by atoms with Crippen LogP contribution in [0.5, 0.6) is 0 Å². The van der Waals surface area contributed by atoms with E-state index in [1.165, 1.54) is 0 Å². The predicted molar refractivity (Wildman–Crippen MR) is 89.4 cm³/mol. The van der Waals surface area contributed by atoms with Crippen molar-refractivity contribution in [3.05, 3.63) is 41.3 Å². The smallest absolute Gasteiger partial charge is 0.152 e. The lowest BCUT2D eigenvalue weighted by molar-refractivity contribution is 0.357. The number of aryl methyl sites for hydroxylation is 3. The summed E-state index contributed by atoms with van der Waals surface area (Å²) in [6.45, 7) is 5.66. The molecule has 3 aromatic rings. The molecule has 1 atom stereocenters. The van der Waals surface area contributed by atoms with E-state index < -0.39 is 0 Å². The molecule has 4 rings (SSSR count). The van der Waals surface area contributed by atoms with Gasteiger partial charge in [0.25, 0.3) is 0 Å². The second-order valence-corrected chi connectivity index (χ2v) is 6.28. The molecular formula is C17H22N6O. The lowest BCUT2D eigenvalue weighted by Crippen LogP contribution is -2.37. The fourth-order valence-corrected chi connectivity index (χ4v) is 3.16. The molecule has 0 saturated heterocycles. The molecule has 0 radical (unpaired) electrons. The Kier molecular flexibility index (Phi) is 3.93. The van der Waals surface area contributed by atoms with Gasteiger partial charge in [-0.15, -0.1) is 0 Å². The fraction of sp³-hybridized carbons (Fsp3) is 0.471. The van der Waals surface area contributed by atoms with Crippen LogP contribution in [0.25, 0.3) is 11.5 Å². The van der Waals surface area contributed by atoms with Gasteiger partial charge < -0.3 is 9.73 Å². The molecule has 0 amide bonds. The molecule has 7 heteroatoms. The number of hydrogen-bond acceptors (Lipinski definition) is 5. The topological polar surface area (TPSA) is 84.6 Å². The van der Waals surface area contributed by atoms with Gasteiger partial charge in [-0.1, -0.05) is 6.92 Å². The Labute approximate surface area is 140 Å². The Hall–Kier alpha value is -2.41. The largest absolute Gasteiger partial charge is 0.460 e. The van der Waals surface area contributed by atoms with E-state index >= 15 is 0 Å². The number of H-pyrrole nitrogens is 1. The number of aromatic nitrogens is 5. The van der Waals surface area contributed by atoms with Crippen molar-refractivity contribution in [2.24, 2.45) is 0 Å². The van der Waals surface area contributed by atoms with Crippen LogP contribution < -0.4 is 5.32 Å². The van der Waals surface area contributed by atoms with Gasteiger partial charge in [-0.2, -0.15) is 10.2 Å². The summed E-state index contributed by atoms with van der Waals surface area (Å²) in [4.78, 5) is 4.57. The van der Waals surface area contributed by atoms with Crippen molar-refractivity contribution in [1.82, 2.24) is 30.3 Å². The molecule has 24 heavy (non-hydrogen) atoms. The van der Waals surface area contributed by atoms with Gasteiger partial charge in [-0.3, -0.25) is 5.10 Å². The summed E-state index contributed by atoms with van der Waals surface area (Å²) in [5.74, 6) is 3.78. The average molecular weight is 326 g/mol. The van der Waals surface area contributed by atoms with E-state index in [0.29, 0.717) is 6.04 Å². The van der Waals surface area contributed by atoms with Crippen LogP contribution in [-0.4, -0.2) is 31.0 Å². The van der Waals surface area contributed by atoms with Gasteiger partial charge >= 0.3 is 0 Å². The summed E-state index contributed by atoms with van der Waals surface area (Å²) in [5.41, 5.74) is 2.06. The van der Waals surface area contributed by atoms with Crippen LogP contribution in [-0.2, 0) is 25.9 Å². The van der Waals surface area contributed by atoms with Crippen LogP contribution in [0.3, 0.4) is 0 Å². The van der Waals surface area contributed by atoms with Gasteiger partial charge in [0, 0.05) is 31.0 Å². The van der Waals surface area contributed by atoms with Gasteiger partial charge in [0.05, 0.1) is 12.7 Å². The molecule has 126 valence electrons. The van der Waals surface area contributed by atoms with Gasteiger partial charge in [0.2, 0.25) is 0 Å². The summed E-state index contributed by atoms with van der Waals surface area (Å²) in [7, 11) is 0. The highest BCUT2D eigenvalue weighted by Crippen LogP contribution is 2.23. The number of fused-ring (bicyclic) bond motifs is 1. The van der Waals surface area contributed by atoms with Gasteiger partial charge in [-0.25, -0.2) is 9.67 Å². The molecule has 0 unspecified atom stereocenters. The first kappa shape index (κ1) is 15.1. The van der Waals surface area contributed by atoms with Crippen LogP contribution in [0, 0.1) is 6.92 Å². The van der Waals surface area contributed by atoms with E-state index in [-0.39, 0.29) is 0 Å². The van der Waals surface area contributed by atoms with Gasteiger partial charge in [-0.05, 0) is 25.5 Å². The zero-order chi connectivity index (χ0) is 16.5. The third-order valence-electron chi connectivity index (χ3n) is 4.50. The highest BCUT2D eigenvalue weighted by molar-refractivity contribution is 5.56. The number of aromatic amines is 1. The molecule has 1 aliphatic rings. The Morgan fingerprint density at radius 1 is 1.42 bits per heavy atom. The Balaban J connectivity index is 1.42. The van der Waals surface area contributed by atoms with Crippen molar-refractivity contribution in [1.29, 1.82) is 0 Å². The molecule has 0 aromatic carbocycles. The van der Waals surface area contributed by atoms with Crippen LogP contribution in [0.1, 0.15) is 36.3 Å². The monoisotopic (exact) mass is 326 g/mol. The van der Waals surface area contributed by atoms with E-state index in [4.69, 9.17) is 4.42 Å². The van der Waals surface area contributed by atoms with Crippen LogP contribution in [0.2, 0.25) is 0 Å². The van der Waals surface area contributed by atoms with Gasteiger partial charge in [0.15, 0.2) is 11.6 Å². The second kappa shape index (κ2) is 6.24. The number of rotatable bonds is 5. The molecule has 7 nitrogen and oxygen atoms in total. The minimum Gasteiger partial charge on any atom is -0.460 e. The molecule has 3 aromatic heterocycles. The molecule has 1 aliphatic heterocycles. The van der Waals surface area contributed by atoms with Crippen molar-refractivity contribution < 1.29 is 4.42 Å². The SMILES string of the molecule is CCc1nc2n(n1)C[C@H](NCc1cn[nH]c1-c1ccc(C)o1)CC2. The maximum atomic E-state index is 5.70. The van der Waals surface area contributed by atoms with Crippen LogP contribution in [0.4, 0.5) is 0 Å². The normalized spacial score (nSPS) is 17.2. The Morgan fingerprint density at radius 2 is 2.33 bits per heavy atom. The fourth-order valence-electron chi connectivity index (χ4n) is 3.16. The van der Waals surface area contributed by atoms with E-state index in [1.807, 2.05) is 29.9 Å². The maximum Gasteiger partial charge on any atom is 0.152 e. The summed E-state index contributed by atoms with van der Waals surface area (Å²) in [6.07, 6.45) is 4.80.